The Morgan fingerprint density at radius 2 is 1.78 bits per heavy atom. The van der Waals surface area contributed by atoms with Crippen molar-refractivity contribution in [2.45, 2.75) is 33.2 Å². The van der Waals surface area contributed by atoms with Gasteiger partial charge in [-0.1, -0.05) is 50.8 Å². The van der Waals surface area contributed by atoms with E-state index in [-0.39, 0.29) is 11.3 Å². The first-order valence-electron chi connectivity index (χ1n) is 12.5. The molecule has 1 atom stereocenters. The summed E-state index contributed by atoms with van der Waals surface area (Å²) in [6.45, 7) is 13.6. The molecule has 1 aliphatic heterocycles. The van der Waals surface area contributed by atoms with E-state index in [9.17, 15) is 14.7 Å². The third-order valence-corrected chi connectivity index (χ3v) is 6.29. The highest BCUT2D eigenvalue weighted by molar-refractivity contribution is 6.46. The minimum atomic E-state index is -0.703. The second-order valence-electron chi connectivity index (χ2n) is 8.50. The Morgan fingerprint density at radius 3 is 2.42 bits per heavy atom. The largest absolute Gasteiger partial charge is 0.507 e. The fourth-order valence-electron chi connectivity index (χ4n) is 4.42. The summed E-state index contributed by atoms with van der Waals surface area (Å²) in [6, 6.07) is 13.5. The SMILES string of the molecule is C=CCOc1ccc(C2C(=C(O)c3cccc(OCC)c3)C(=O)C(=O)N2CCCN(CC)CC)cc1. The van der Waals surface area contributed by atoms with Crippen LogP contribution in [0.25, 0.3) is 5.76 Å². The number of Topliss-reactive ketones (excluding diaryl/α,β-unsaturated/α-hetero) is 1. The van der Waals surface area contributed by atoms with Gasteiger partial charge in [0.25, 0.3) is 11.7 Å². The van der Waals surface area contributed by atoms with Crippen LogP contribution in [0.15, 0.2) is 66.8 Å². The number of hydrogen-bond acceptors (Lipinski definition) is 6. The number of benzene rings is 2. The van der Waals surface area contributed by atoms with E-state index in [0.717, 1.165) is 25.2 Å². The van der Waals surface area contributed by atoms with Gasteiger partial charge in [-0.3, -0.25) is 9.59 Å². The molecule has 192 valence electrons. The molecule has 7 heteroatoms. The molecular formula is C29H36N2O5. The molecule has 0 aliphatic carbocycles. The summed E-state index contributed by atoms with van der Waals surface area (Å²) in [4.78, 5) is 30.3. The molecule has 0 aromatic heterocycles. The van der Waals surface area contributed by atoms with Crippen LogP contribution in [-0.2, 0) is 9.59 Å². The molecule has 2 aromatic rings. The molecule has 0 spiro atoms. The van der Waals surface area contributed by atoms with Crippen LogP contribution in [0.1, 0.15) is 44.4 Å². The van der Waals surface area contributed by atoms with E-state index in [1.165, 1.54) is 0 Å². The topological polar surface area (TPSA) is 79.3 Å². The zero-order valence-corrected chi connectivity index (χ0v) is 21.4. The first-order valence-corrected chi connectivity index (χ1v) is 12.5. The van der Waals surface area contributed by atoms with Gasteiger partial charge in [0.15, 0.2) is 0 Å². The minimum Gasteiger partial charge on any atom is -0.507 e. The molecular weight excluding hydrogens is 456 g/mol. The average molecular weight is 493 g/mol. The number of aliphatic hydroxyl groups excluding tert-OH is 1. The summed E-state index contributed by atoms with van der Waals surface area (Å²) < 4.78 is 11.2. The number of aliphatic hydroxyl groups is 1. The Balaban J connectivity index is 2.02. The minimum absolute atomic E-state index is 0.0799. The van der Waals surface area contributed by atoms with Gasteiger partial charge in [0.1, 0.15) is 23.9 Å². The van der Waals surface area contributed by atoms with Crippen molar-refractivity contribution in [2.24, 2.45) is 0 Å². The average Bonchev–Trinajstić information content (AvgIpc) is 3.15. The Hall–Kier alpha value is -3.58. The molecule has 3 rings (SSSR count). The van der Waals surface area contributed by atoms with Gasteiger partial charge in [-0.05, 0) is 62.8 Å². The van der Waals surface area contributed by atoms with Gasteiger partial charge in [-0.15, -0.1) is 0 Å². The number of nitrogens with zero attached hydrogens (tertiary/aromatic N) is 2. The van der Waals surface area contributed by atoms with Gasteiger partial charge in [-0.25, -0.2) is 0 Å². The van der Waals surface area contributed by atoms with E-state index in [4.69, 9.17) is 9.47 Å². The van der Waals surface area contributed by atoms with Crippen LogP contribution in [0.3, 0.4) is 0 Å². The standard InChI is InChI=1S/C29H36N2O5/c1-5-19-36-23-15-13-21(14-16-23)26-25(27(32)22-11-9-12-24(20-22)35-8-4)28(33)29(34)31(26)18-10-17-30(6-2)7-3/h5,9,11-16,20,26,32H,1,6-8,10,17-19H2,2-4H3. The molecule has 1 N–H and O–H groups in total. The monoisotopic (exact) mass is 492 g/mol. The van der Waals surface area contributed by atoms with Gasteiger partial charge in [0.2, 0.25) is 0 Å². The highest BCUT2D eigenvalue weighted by Gasteiger charge is 2.45. The maximum absolute atomic E-state index is 13.3. The van der Waals surface area contributed by atoms with E-state index in [2.05, 4.69) is 25.3 Å². The van der Waals surface area contributed by atoms with E-state index >= 15 is 0 Å². The number of amides is 1. The first kappa shape index (κ1) is 27.0. The van der Waals surface area contributed by atoms with Crippen molar-refractivity contribution < 1.29 is 24.2 Å². The van der Waals surface area contributed by atoms with Crippen LogP contribution in [-0.4, -0.2) is 66.0 Å². The Morgan fingerprint density at radius 1 is 1.06 bits per heavy atom. The van der Waals surface area contributed by atoms with Gasteiger partial charge in [0, 0.05) is 12.1 Å². The molecule has 0 saturated carbocycles. The molecule has 7 nitrogen and oxygen atoms in total. The van der Waals surface area contributed by atoms with Gasteiger partial charge < -0.3 is 24.4 Å². The molecule has 0 radical (unpaired) electrons. The number of carbonyl (C=O) groups excluding carboxylic acids is 2. The number of ether oxygens (including phenoxy) is 2. The summed E-state index contributed by atoms with van der Waals surface area (Å²) in [7, 11) is 0. The summed E-state index contributed by atoms with van der Waals surface area (Å²) >= 11 is 0. The molecule has 1 aliphatic rings. The lowest BCUT2D eigenvalue weighted by molar-refractivity contribution is -0.140. The summed E-state index contributed by atoms with van der Waals surface area (Å²) in [5, 5.41) is 11.3. The van der Waals surface area contributed by atoms with Gasteiger partial charge in [-0.2, -0.15) is 0 Å². The van der Waals surface area contributed by atoms with Crippen LogP contribution in [0, 0.1) is 0 Å². The zero-order chi connectivity index (χ0) is 26.1. The lowest BCUT2D eigenvalue weighted by Gasteiger charge is -2.27. The van der Waals surface area contributed by atoms with E-state index in [1.54, 1.807) is 47.4 Å². The maximum atomic E-state index is 13.3. The summed E-state index contributed by atoms with van der Waals surface area (Å²) in [5.74, 6) is -0.266. The third-order valence-electron chi connectivity index (χ3n) is 6.29. The Kier molecular flexibility index (Phi) is 9.70. The number of carbonyl (C=O) groups is 2. The van der Waals surface area contributed by atoms with Crippen LogP contribution in [0.5, 0.6) is 11.5 Å². The van der Waals surface area contributed by atoms with Crippen LogP contribution in [0.2, 0.25) is 0 Å². The quantitative estimate of drug-likeness (QED) is 0.187. The molecule has 36 heavy (non-hydrogen) atoms. The van der Waals surface area contributed by atoms with Crippen molar-refractivity contribution in [1.29, 1.82) is 0 Å². The Bertz CT molecular complexity index is 1090. The smallest absolute Gasteiger partial charge is 0.295 e. The van der Waals surface area contributed by atoms with Crippen LogP contribution in [0.4, 0.5) is 0 Å². The predicted molar refractivity (Wildman–Crippen MR) is 141 cm³/mol. The summed E-state index contributed by atoms with van der Waals surface area (Å²) in [6.07, 6.45) is 2.38. The number of likely N-dealkylation sites (tertiary alicyclic amines) is 1. The first-order chi connectivity index (χ1) is 17.4. The van der Waals surface area contributed by atoms with Crippen molar-refractivity contribution >= 4 is 17.4 Å². The van der Waals surface area contributed by atoms with Crippen molar-refractivity contribution in [3.63, 3.8) is 0 Å². The third kappa shape index (κ3) is 6.15. The van der Waals surface area contributed by atoms with E-state index in [1.807, 2.05) is 19.1 Å². The fraction of sp³-hybridized carbons (Fsp3) is 0.379. The number of hydrogen-bond donors (Lipinski definition) is 1. The van der Waals surface area contributed by atoms with Crippen LogP contribution >= 0.6 is 0 Å². The molecule has 2 aromatic carbocycles. The second kappa shape index (κ2) is 12.9. The lowest BCUT2D eigenvalue weighted by atomic mass is 9.95. The molecule has 1 heterocycles. The van der Waals surface area contributed by atoms with Gasteiger partial charge >= 0.3 is 0 Å². The number of ketones is 1. The molecule has 1 amide bonds. The summed E-state index contributed by atoms with van der Waals surface area (Å²) in [5.41, 5.74) is 1.24. The number of rotatable bonds is 13. The van der Waals surface area contributed by atoms with Crippen LogP contribution < -0.4 is 9.47 Å². The predicted octanol–water partition coefficient (Wildman–Crippen LogP) is 4.80. The molecule has 0 bridgehead atoms. The second-order valence-corrected chi connectivity index (χ2v) is 8.50. The van der Waals surface area contributed by atoms with E-state index < -0.39 is 17.7 Å². The van der Waals surface area contributed by atoms with Crippen molar-refractivity contribution in [1.82, 2.24) is 9.80 Å². The van der Waals surface area contributed by atoms with Crippen molar-refractivity contribution in [2.75, 3.05) is 39.4 Å². The van der Waals surface area contributed by atoms with Crippen molar-refractivity contribution in [3.8, 4) is 11.5 Å². The van der Waals surface area contributed by atoms with Gasteiger partial charge in [0.05, 0.1) is 18.2 Å². The molecule has 1 saturated heterocycles. The zero-order valence-electron chi connectivity index (χ0n) is 21.4. The normalized spacial score (nSPS) is 17.0. The molecule has 1 unspecified atom stereocenters. The highest BCUT2D eigenvalue weighted by atomic mass is 16.5. The maximum Gasteiger partial charge on any atom is 0.295 e. The Labute approximate surface area is 213 Å². The molecule has 1 fully saturated rings. The lowest BCUT2D eigenvalue weighted by Crippen LogP contribution is -2.33. The van der Waals surface area contributed by atoms with Crippen molar-refractivity contribution in [3.05, 3.63) is 77.9 Å². The van der Waals surface area contributed by atoms with E-state index in [0.29, 0.717) is 43.2 Å². The highest BCUT2D eigenvalue weighted by Crippen LogP contribution is 2.40. The fourth-order valence-corrected chi connectivity index (χ4v) is 4.42.